The summed E-state index contributed by atoms with van der Waals surface area (Å²) in [6.45, 7) is 5.83. The molecule has 0 aliphatic heterocycles. The average molecular weight is 333 g/mol. The van der Waals surface area contributed by atoms with Crippen molar-refractivity contribution < 1.29 is 9.59 Å². The Morgan fingerprint density at radius 1 is 1.44 bits per heavy atom. The molecule has 0 aliphatic carbocycles. The molecule has 2 amide bonds. The number of thiophene rings is 1. The van der Waals surface area contributed by atoms with Gasteiger partial charge in [0.25, 0.3) is 5.91 Å². The van der Waals surface area contributed by atoms with Crippen molar-refractivity contribution in [3.63, 3.8) is 0 Å². The highest BCUT2D eigenvalue weighted by molar-refractivity contribution is 9.11. The maximum atomic E-state index is 11.9. The largest absolute Gasteiger partial charge is 0.359 e. The van der Waals surface area contributed by atoms with Gasteiger partial charge in [0, 0.05) is 13.6 Å². The summed E-state index contributed by atoms with van der Waals surface area (Å²) in [5.41, 5.74) is 0.421. The molecule has 0 radical (unpaired) electrons. The summed E-state index contributed by atoms with van der Waals surface area (Å²) < 4.78 is 0.957. The number of carbonyl (C=O) groups excluding carboxylic acids is 2. The number of rotatable bonds is 4. The summed E-state index contributed by atoms with van der Waals surface area (Å²) in [7, 11) is 1.59. The van der Waals surface area contributed by atoms with Gasteiger partial charge in [-0.15, -0.1) is 11.3 Å². The standard InChI is InChI=1S/C12H17BrN2O2S/c1-7-5-8(18-9(7)13)10(16)15-6-12(2,3)11(17)14-4/h5H,6H2,1-4H3,(H,14,17)(H,15,16). The van der Waals surface area contributed by atoms with Crippen LogP contribution in [-0.2, 0) is 4.79 Å². The van der Waals surface area contributed by atoms with E-state index in [9.17, 15) is 9.59 Å². The van der Waals surface area contributed by atoms with Crippen LogP contribution in [0.5, 0.6) is 0 Å². The second-order valence-corrected chi connectivity index (χ2v) is 7.08. The molecule has 1 aromatic heterocycles. The van der Waals surface area contributed by atoms with E-state index in [1.54, 1.807) is 20.9 Å². The molecule has 1 aromatic rings. The zero-order valence-corrected chi connectivity index (χ0v) is 13.3. The smallest absolute Gasteiger partial charge is 0.261 e. The first kappa shape index (κ1) is 15.2. The summed E-state index contributed by atoms with van der Waals surface area (Å²) in [5, 5.41) is 5.37. The van der Waals surface area contributed by atoms with Crippen LogP contribution in [-0.4, -0.2) is 25.4 Å². The van der Waals surface area contributed by atoms with E-state index in [4.69, 9.17) is 0 Å². The Hall–Kier alpha value is -0.880. The summed E-state index contributed by atoms with van der Waals surface area (Å²) >= 11 is 4.78. The first-order chi connectivity index (χ1) is 8.27. The van der Waals surface area contributed by atoms with Gasteiger partial charge in [-0.1, -0.05) is 0 Å². The van der Waals surface area contributed by atoms with Crippen molar-refractivity contribution in [1.29, 1.82) is 0 Å². The van der Waals surface area contributed by atoms with E-state index in [2.05, 4.69) is 26.6 Å². The summed E-state index contributed by atoms with van der Waals surface area (Å²) in [6, 6.07) is 1.83. The van der Waals surface area contributed by atoms with Crippen LogP contribution in [0.1, 0.15) is 29.1 Å². The predicted molar refractivity (Wildman–Crippen MR) is 76.9 cm³/mol. The second-order valence-electron chi connectivity index (χ2n) is 4.71. The van der Waals surface area contributed by atoms with Gasteiger partial charge >= 0.3 is 0 Å². The van der Waals surface area contributed by atoms with Crippen molar-refractivity contribution in [2.75, 3.05) is 13.6 Å². The lowest BCUT2D eigenvalue weighted by atomic mass is 9.92. The topological polar surface area (TPSA) is 58.2 Å². The zero-order valence-electron chi connectivity index (χ0n) is 10.9. The van der Waals surface area contributed by atoms with E-state index < -0.39 is 5.41 Å². The Labute approximate surface area is 119 Å². The minimum absolute atomic E-state index is 0.0914. The molecule has 0 aromatic carbocycles. The molecule has 0 saturated carbocycles. The molecule has 4 nitrogen and oxygen atoms in total. The van der Waals surface area contributed by atoms with E-state index in [1.165, 1.54) is 11.3 Å². The van der Waals surface area contributed by atoms with Crippen LogP contribution in [0.2, 0.25) is 0 Å². The van der Waals surface area contributed by atoms with Crippen molar-refractivity contribution in [3.05, 3.63) is 20.3 Å². The Morgan fingerprint density at radius 3 is 2.50 bits per heavy atom. The Morgan fingerprint density at radius 2 is 2.06 bits per heavy atom. The van der Waals surface area contributed by atoms with E-state index in [-0.39, 0.29) is 11.8 Å². The predicted octanol–water partition coefficient (Wildman–Crippen LogP) is 2.32. The van der Waals surface area contributed by atoms with Gasteiger partial charge in [-0.3, -0.25) is 9.59 Å². The lowest BCUT2D eigenvalue weighted by Crippen LogP contribution is -2.43. The number of amides is 2. The van der Waals surface area contributed by atoms with Crippen molar-refractivity contribution in [1.82, 2.24) is 10.6 Å². The summed E-state index contributed by atoms with van der Waals surface area (Å²) in [5.74, 6) is -0.239. The molecule has 1 rings (SSSR count). The van der Waals surface area contributed by atoms with Crippen molar-refractivity contribution in [2.45, 2.75) is 20.8 Å². The van der Waals surface area contributed by atoms with E-state index in [1.807, 2.05) is 13.0 Å². The summed E-state index contributed by atoms with van der Waals surface area (Å²) in [4.78, 5) is 24.1. The summed E-state index contributed by atoms with van der Waals surface area (Å²) in [6.07, 6.45) is 0. The number of nitrogens with one attached hydrogen (secondary N) is 2. The highest BCUT2D eigenvalue weighted by Crippen LogP contribution is 2.27. The van der Waals surface area contributed by atoms with Gasteiger partial charge in [-0.25, -0.2) is 0 Å². The lowest BCUT2D eigenvalue weighted by molar-refractivity contribution is -0.128. The number of carbonyl (C=O) groups is 2. The van der Waals surface area contributed by atoms with Gasteiger partial charge in [0.2, 0.25) is 5.91 Å². The van der Waals surface area contributed by atoms with Crippen LogP contribution in [0.15, 0.2) is 9.85 Å². The van der Waals surface area contributed by atoms with Crippen LogP contribution < -0.4 is 10.6 Å². The maximum Gasteiger partial charge on any atom is 0.261 e. The van der Waals surface area contributed by atoms with Crippen molar-refractivity contribution in [2.24, 2.45) is 5.41 Å². The third kappa shape index (κ3) is 3.55. The van der Waals surface area contributed by atoms with Gasteiger partial charge < -0.3 is 10.6 Å². The van der Waals surface area contributed by atoms with Gasteiger partial charge in [0.15, 0.2) is 0 Å². The van der Waals surface area contributed by atoms with Gasteiger partial charge in [-0.05, 0) is 48.3 Å². The highest BCUT2D eigenvalue weighted by Gasteiger charge is 2.27. The van der Waals surface area contributed by atoms with Gasteiger partial charge in [0.1, 0.15) is 0 Å². The fourth-order valence-corrected chi connectivity index (χ4v) is 2.83. The van der Waals surface area contributed by atoms with Gasteiger partial charge in [0.05, 0.1) is 14.1 Å². The molecular weight excluding hydrogens is 316 g/mol. The fraction of sp³-hybridized carbons (Fsp3) is 0.500. The van der Waals surface area contributed by atoms with E-state index in [0.717, 1.165) is 9.35 Å². The number of hydrogen-bond donors (Lipinski definition) is 2. The molecule has 0 bridgehead atoms. The van der Waals surface area contributed by atoms with Crippen LogP contribution in [0.3, 0.4) is 0 Å². The number of halogens is 1. The second kappa shape index (κ2) is 5.84. The Kier molecular flexibility index (Phi) is 4.92. The Bertz CT molecular complexity index is 449. The molecule has 0 saturated heterocycles. The number of hydrogen-bond acceptors (Lipinski definition) is 3. The molecule has 0 fully saturated rings. The average Bonchev–Trinajstić information content (AvgIpc) is 2.65. The van der Waals surface area contributed by atoms with E-state index in [0.29, 0.717) is 11.4 Å². The highest BCUT2D eigenvalue weighted by atomic mass is 79.9. The minimum atomic E-state index is -0.617. The third-order valence-corrected chi connectivity index (χ3v) is 4.75. The van der Waals surface area contributed by atoms with Crippen LogP contribution >= 0.6 is 27.3 Å². The zero-order chi connectivity index (χ0) is 13.9. The molecule has 0 aliphatic rings. The van der Waals surface area contributed by atoms with Gasteiger partial charge in [-0.2, -0.15) is 0 Å². The Balaban J connectivity index is 2.64. The SMILES string of the molecule is CNC(=O)C(C)(C)CNC(=O)c1cc(C)c(Br)s1. The number of aryl methyl sites for hydroxylation is 1. The van der Waals surface area contributed by atoms with Crippen LogP contribution in [0.25, 0.3) is 0 Å². The molecule has 2 N–H and O–H groups in total. The molecule has 0 atom stereocenters. The first-order valence-corrected chi connectivity index (χ1v) is 7.15. The van der Waals surface area contributed by atoms with E-state index >= 15 is 0 Å². The van der Waals surface area contributed by atoms with Crippen molar-refractivity contribution in [3.8, 4) is 0 Å². The molecular formula is C12H17BrN2O2S. The molecule has 1 heterocycles. The molecule has 0 unspecified atom stereocenters. The normalized spacial score (nSPS) is 11.2. The third-order valence-electron chi connectivity index (χ3n) is 2.61. The monoisotopic (exact) mass is 332 g/mol. The minimum Gasteiger partial charge on any atom is -0.359 e. The van der Waals surface area contributed by atoms with Crippen molar-refractivity contribution >= 4 is 39.1 Å². The maximum absolute atomic E-state index is 11.9. The first-order valence-electron chi connectivity index (χ1n) is 5.54. The lowest BCUT2D eigenvalue weighted by Gasteiger charge is -2.22. The molecule has 6 heteroatoms. The fourth-order valence-electron chi connectivity index (χ4n) is 1.38. The molecule has 18 heavy (non-hydrogen) atoms. The van der Waals surface area contributed by atoms with Crippen LogP contribution in [0, 0.1) is 12.3 Å². The van der Waals surface area contributed by atoms with Crippen LogP contribution in [0.4, 0.5) is 0 Å². The molecule has 0 spiro atoms. The quantitative estimate of drug-likeness (QED) is 0.888. The molecule has 100 valence electrons.